The summed E-state index contributed by atoms with van der Waals surface area (Å²) in [5.74, 6) is -0.0848. The van der Waals surface area contributed by atoms with Gasteiger partial charge in [-0.05, 0) is 18.4 Å². The summed E-state index contributed by atoms with van der Waals surface area (Å²) >= 11 is 0. The van der Waals surface area contributed by atoms with Crippen LogP contribution in [0.1, 0.15) is 24.4 Å². The van der Waals surface area contributed by atoms with Crippen molar-refractivity contribution in [3.8, 4) is 0 Å². The largest absolute Gasteiger partial charge is 0.352 e. The molecule has 0 aromatic heterocycles. The Morgan fingerprint density at radius 3 is 2.45 bits per heavy atom. The standard InChI is InChI=1S/C16H23N3O.2ClH/c1-2-10-19-11-8-14(9-12-19)18-16(20)15(17)13-6-4-3-5-7-13;;/h2-7,14-15H,1,8-12,17H2,(H,18,20);2*1H. The number of piperidine rings is 1. The summed E-state index contributed by atoms with van der Waals surface area (Å²) in [6, 6.07) is 9.14. The van der Waals surface area contributed by atoms with Gasteiger partial charge in [0.15, 0.2) is 0 Å². The number of hydrogen-bond acceptors (Lipinski definition) is 3. The molecule has 0 radical (unpaired) electrons. The molecule has 124 valence electrons. The number of nitrogens with two attached hydrogens (primary N) is 1. The molecule has 0 saturated carbocycles. The van der Waals surface area contributed by atoms with Gasteiger partial charge in [-0.1, -0.05) is 36.4 Å². The van der Waals surface area contributed by atoms with Gasteiger partial charge in [-0.15, -0.1) is 31.4 Å². The molecule has 22 heavy (non-hydrogen) atoms. The van der Waals surface area contributed by atoms with Crippen molar-refractivity contribution >= 4 is 30.7 Å². The van der Waals surface area contributed by atoms with Gasteiger partial charge in [-0.25, -0.2) is 0 Å². The molecule has 2 rings (SSSR count). The highest BCUT2D eigenvalue weighted by Crippen LogP contribution is 2.13. The Morgan fingerprint density at radius 2 is 1.91 bits per heavy atom. The van der Waals surface area contributed by atoms with Crippen molar-refractivity contribution < 1.29 is 4.79 Å². The fraction of sp³-hybridized carbons (Fsp3) is 0.438. The van der Waals surface area contributed by atoms with Gasteiger partial charge >= 0.3 is 0 Å². The van der Waals surface area contributed by atoms with E-state index in [1.165, 1.54) is 0 Å². The van der Waals surface area contributed by atoms with E-state index in [4.69, 9.17) is 5.73 Å². The molecule has 1 aliphatic heterocycles. The van der Waals surface area contributed by atoms with E-state index in [-0.39, 0.29) is 36.8 Å². The topological polar surface area (TPSA) is 58.4 Å². The van der Waals surface area contributed by atoms with Gasteiger partial charge in [-0.2, -0.15) is 0 Å². The number of halogens is 2. The van der Waals surface area contributed by atoms with Crippen LogP contribution in [0.4, 0.5) is 0 Å². The quantitative estimate of drug-likeness (QED) is 0.805. The number of nitrogens with zero attached hydrogens (tertiary/aromatic N) is 1. The Balaban J connectivity index is 0.00000220. The van der Waals surface area contributed by atoms with Crippen LogP contribution in [0, 0.1) is 0 Å². The Labute approximate surface area is 145 Å². The van der Waals surface area contributed by atoms with Crippen LogP contribution in [0.5, 0.6) is 0 Å². The molecule has 1 atom stereocenters. The van der Waals surface area contributed by atoms with Gasteiger partial charge in [0.1, 0.15) is 6.04 Å². The third-order valence-corrected chi connectivity index (χ3v) is 3.76. The number of nitrogens with one attached hydrogen (secondary N) is 1. The van der Waals surface area contributed by atoms with E-state index in [0.29, 0.717) is 0 Å². The number of rotatable bonds is 5. The normalized spacial score (nSPS) is 16.8. The number of hydrogen-bond donors (Lipinski definition) is 2. The lowest BCUT2D eigenvalue weighted by molar-refractivity contribution is -0.123. The third kappa shape index (κ3) is 5.97. The van der Waals surface area contributed by atoms with Crippen LogP contribution in [-0.4, -0.2) is 36.5 Å². The van der Waals surface area contributed by atoms with Crippen LogP contribution < -0.4 is 11.1 Å². The van der Waals surface area contributed by atoms with Crippen LogP contribution >= 0.6 is 24.8 Å². The van der Waals surface area contributed by atoms with Crippen molar-refractivity contribution in [2.75, 3.05) is 19.6 Å². The lowest BCUT2D eigenvalue weighted by Crippen LogP contribution is -2.47. The van der Waals surface area contributed by atoms with Crippen molar-refractivity contribution in [3.63, 3.8) is 0 Å². The second kappa shape index (κ2) is 10.6. The molecule has 1 fully saturated rings. The Morgan fingerprint density at radius 1 is 1.32 bits per heavy atom. The van der Waals surface area contributed by atoms with E-state index in [0.717, 1.165) is 38.0 Å². The number of likely N-dealkylation sites (tertiary alicyclic amines) is 1. The number of benzene rings is 1. The maximum atomic E-state index is 12.2. The van der Waals surface area contributed by atoms with Crippen molar-refractivity contribution in [1.82, 2.24) is 10.2 Å². The van der Waals surface area contributed by atoms with Crippen molar-refractivity contribution in [2.24, 2.45) is 5.73 Å². The zero-order valence-corrected chi connectivity index (χ0v) is 14.2. The van der Waals surface area contributed by atoms with Crippen LogP contribution in [0.3, 0.4) is 0 Å². The zero-order valence-electron chi connectivity index (χ0n) is 12.6. The molecule has 1 saturated heterocycles. The molecule has 0 bridgehead atoms. The molecule has 1 aromatic rings. The highest BCUT2D eigenvalue weighted by molar-refractivity contribution is 5.85. The first-order chi connectivity index (χ1) is 9.70. The SMILES string of the molecule is C=CCN1CCC(NC(=O)C(N)c2ccccc2)CC1.Cl.Cl. The summed E-state index contributed by atoms with van der Waals surface area (Å²) in [6.45, 7) is 6.67. The number of carbonyl (C=O) groups excluding carboxylic acids is 1. The molecular formula is C16H25Cl2N3O. The second-order valence-corrected chi connectivity index (χ2v) is 5.26. The van der Waals surface area contributed by atoms with Gasteiger partial charge in [0.25, 0.3) is 0 Å². The first kappa shape index (κ1) is 20.9. The van der Waals surface area contributed by atoms with Crippen molar-refractivity contribution in [3.05, 3.63) is 48.6 Å². The lowest BCUT2D eigenvalue weighted by atomic mass is 10.0. The Kier molecular flexibility index (Phi) is 10.1. The minimum atomic E-state index is -0.581. The third-order valence-electron chi connectivity index (χ3n) is 3.76. The summed E-state index contributed by atoms with van der Waals surface area (Å²) in [7, 11) is 0. The van der Waals surface area contributed by atoms with Gasteiger partial charge in [0, 0.05) is 25.7 Å². The lowest BCUT2D eigenvalue weighted by Gasteiger charge is -2.32. The first-order valence-corrected chi connectivity index (χ1v) is 7.15. The maximum absolute atomic E-state index is 12.2. The van der Waals surface area contributed by atoms with Gasteiger partial charge in [0.05, 0.1) is 0 Å². The molecule has 4 nitrogen and oxygen atoms in total. The van der Waals surface area contributed by atoms with E-state index >= 15 is 0 Å². The van der Waals surface area contributed by atoms with Crippen LogP contribution in [0.15, 0.2) is 43.0 Å². The molecule has 1 aromatic carbocycles. The van der Waals surface area contributed by atoms with Crippen molar-refractivity contribution in [1.29, 1.82) is 0 Å². The summed E-state index contributed by atoms with van der Waals surface area (Å²) in [5.41, 5.74) is 6.85. The van der Waals surface area contributed by atoms with E-state index in [1.54, 1.807) is 0 Å². The highest BCUT2D eigenvalue weighted by Gasteiger charge is 2.23. The summed E-state index contributed by atoms with van der Waals surface area (Å²) in [5, 5.41) is 3.06. The summed E-state index contributed by atoms with van der Waals surface area (Å²) < 4.78 is 0. The predicted molar refractivity (Wildman–Crippen MR) is 95.7 cm³/mol. The van der Waals surface area contributed by atoms with E-state index in [9.17, 15) is 4.79 Å². The van der Waals surface area contributed by atoms with Gasteiger partial charge in [-0.3, -0.25) is 9.69 Å². The fourth-order valence-corrected chi connectivity index (χ4v) is 2.55. The minimum Gasteiger partial charge on any atom is -0.352 e. The summed E-state index contributed by atoms with van der Waals surface area (Å²) in [6.07, 6.45) is 3.87. The molecule has 3 N–H and O–H groups in total. The molecule has 6 heteroatoms. The second-order valence-electron chi connectivity index (χ2n) is 5.26. The smallest absolute Gasteiger partial charge is 0.241 e. The fourth-order valence-electron chi connectivity index (χ4n) is 2.55. The highest BCUT2D eigenvalue weighted by atomic mass is 35.5. The van der Waals surface area contributed by atoms with E-state index < -0.39 is 6.04 Å². The average molecular weight is 346 g/mol. The summed E-state index contributed by atoms with van der Waals surface area (Å²) in [4.78, 5) is 14.5. The molecule has 1 amide bonds. The minimum absolute atomic E-state index is 0. The molecule has 1 unspecified atom stereocenters. The zero-order chi connectivity index (χ0) is 14.4. The van der Waals surface area contributed by atoms with E-state index in [1.807, 2.05) is 36.4 Å². The van der Waals surface area contributed by atoms with Gasteiger partial charge < -0.3 is 11.1 Å². The number of amides is 1. The molecule has 0 aliphatic carbocycles. The molecule has 0 spiro atoms. The molecular weight excluding hydrogens is 321 g/mol. The van der Waals surface area contributed by atoms with Crippen LogP contribution in [-0.2, 0) is 4.79 Å². The van der Waals surface area contributed by atoms with E-state index in [2.05, 4.69) is 16.8 Å². The first-order valence-electron chi connectivity index (χ1n) is 7.15. The monoisotopic (exact) mass is 345 g/mol. The predicted octanol–water partition coefficient (Wildman–Crippen LogP) is 2.30. The van der Waals surface area contributed by atoms with Crippen LogP contribution in [0.25, 0.3) is 0 Å². The molecule has 1 aliphatic rings. The Hall–Kier alpha value is -1.07. The molecule has 1 heterocycles. The van der Waals surface area contributed by atoms with Crippen molar-refractivity contribution in [2.45, 2.75) is 24.9 Å². The maximum Gasteiger partial charge on any atom is 0.241 e. The van der Waals surface area contributed by atoms with Gasteiger partial charge in [0.2, 0.25) is 5.91 Å². The number of carbonyl (C=O) groups is 1. The Bertz CT molecular complexity index is 448. The van der Waals surface area contributed by atoms with Crippen LogP contribution in [0.2, 0.25) is 0 Å². The average Bonchev–Trinajstić information content (AvgIpc) is 2.49.